The van der Waals surface area contributed by atoms with E-state index in [-0.39, 0.29) is 17.8 Å². The molecule has 82 valence electrons. The lowest BCUT2D eigenvalue weighted by Gasteiger charge is -2.13. The molecule has 0 aliphatic rings. The fraction of sp³-hybridized carbons (Fsp3) is 0.364. The van der Waals surface area contributed by atoms with Gasteiger partial charge in [-0.2, -0.15) is 0 Å². The van der Waals surface area contributed by atoms with E-state index in [0.29, 0.717) is 12.3 Å². The van der Waals surface area contributed by atoms with E-state index in [0.717, 1.165) is 5.56 Å². The van der Waals surface area contributed by atoms with Crippen molar-refractivity contribution in [3.63, 3.8) is 0 Å². The van der Waals surface area contributed by atoms with Crippen LogP contribution in [0.3, 0.4) is 0 Å². The summed E-state index contributed by atoms with van der Waals surface area (Å²) in [7, 11) is 0. The van der Waals surface area contributed by atoms with Crippen molar-refractivity contribution in [1.29, 1.82) is 0 Å². The summed E-state index contributed by atoms with van der Waals surface area (Å²) >= 11 is 5.44. The van der Waals surface area contributed by atoms with Gasteiger partial charge in [0.05, 0.1) is 6.04 Å². The van der Waals surface area contributed by atoms with E-state index in [4.69, 9.17) is 11.6 Å². The minimum atomic E-state index is -0.280. The smallest absolute Gasteiger partial charge is 0.221 e. The highest BCUT2D eigenvalue weighted by molar-refractivity contribution is 6.18. The van der Waals surface area contributed by atoms with Crippen LogP contribution in [0.2, 0.25) is 0 Å². The molecule has 0 bridgehead atoms. The summed E-state index contributed by atoms with van der Waals surface area (Å²) in [5.41, 5.74) is 0.874. The molecule has 1 N–H and O–H groups in total. The highest BCUT2D eigenvalue weighted by Crippen LogP contribution is 2.12. The minimum absolute atomic E-state index is 0.0955. The number of nitrogens with one attached hydrogen (secondary N) is 1. The molecule has 4 heteroatoms. The first-order valence-electron chi connectivity index (χ1n) is 4.74. The lowest BCUT2D eigenvalue weighted by Crippen LogP contribution is -2.26. The zero-order valence-electron chi connectivity index (χ0n) is 8.47. The van der Waals surface area contributed by atoms with Gasteiger partial charge in [0.25, 0.3) is 0 Å². The molecule has 1 atom stereocenters. The van der Waals surface area contributed by atoms with Crippen molar-refractivity contribution in [1.82, 2.24) is 5.32 Å². The Morgan fingerprint density at radius 2 is 2.07 bits per heavy atom. The molecule has 1 rings (SSSR count). The zero-order chi connectivity index (χ0) is 11.3. The first-order chi connectivity index (χ1) is 7.13. The monoisotopic (exact) mass is 229 g/mol. The molecule has 0 heterocycles. The lowest BCUT2D eigenvalue weighted by atomic mass is 10.1. The lowest BCUT2D eigenvalue weighted by molar-refractivity contribution is -0.121. The Morgan fingerprint density at radius 3 is 2.60 bits per heavy atom. The second-order valence-electron chi connectivity index (χ2n) is 3.28. The molecule has 1 aromatic carbocycles. The third kappa shape index (κ3) is 3.88. The van der Waals surface area contributed by atoms with Crippen LogP contribution in [0, 0.1) is 5.82 Å². The average Bonchev–Trinajstić information content (AvgIpc) is 2.18. The van der Waals surface area contributed by atoms with Crippen LogP contribution in [0.15, 0.2) is 24.3 Å². The Labute approximate surface area is 93.4 Å². The second kappa shape index (κ2) is 5.71. The number of amides is 1. The molecule has 0 saturated heterocycles. The first-order valence-corrected chi connectivity index (χ1v) is 5.27. The van der Waals surface area contributed by atoms with Gasteiger partial charge in [-0.15, -0.1) is 11.6 Å². The van der Waals surface area contributed by atoms with Crippen LogP contribution in [0.4, 0.5) is 4.39 Å². The summed E-state index contributed by atoms with van der Waals surface area (Å²) in [5, 5.41) is 2.77. The van der Waals surface area contributed by atoms with E-state index in [1.54, 1.807) is 12.1 Å². The number of halogens is 2. The van der Waals surface area contributed by atoms with E-state index in [1.807, 2.05) is 6.92 Å². The van der Waals surface area contributed by atoms with Crippen molar-refractivity contribution in [3.05, 3.63) is 35.6 Å². The van der Waals surface area contributed by atoms with Crippen molar-refractivity contribution in [2.24, 2.45) is 0 Å². The van der Waals surface area contributed by atoms with Crippen molar-refractivity contribution in [2.75, 3.05) is 5.88 Å². The molecular weight excluding hydrogens is 217 g/mol. The van der Waals surface area contributed by atoms with Crippen LogP contribution < -0.4 is 5.32 Å². The maximum atomic E-state index is 12.6. The SMILES string of the molecule is CC(NC(=O)CCCl)c1ccc(F)cc1. The summed E-state index contributed by atoms with van der Waals surface area (Å²) < 4.78 is 12.6. The predicted octanol–water partition coefficient (Wildman–Crippen LogP) is 2.63. The number of hydrogen-bond donors (Lipinski definition) is 1. The molecule has 0 fully saturated rings. The van der Waals surface area contributed by atoms with Crippen LogP contribution in [-0.4, -0.2) is 11.8 Å². The molecule has 2 nitrogen and oxygen atoms in total. The fourth-order valence-corrected chi connectivity index (χ4v) is 1.41. The maximum absolute atomic E-state index is 12.6. The van der Waals surface area contributed by atoms with Crippen LogP contribution >= 0.6 is 11.6 Å². The van der Waals surface area contributed by atoms with Gasteiger partial charge < -0.3 is 5.32 Å². The quantitative estimate of drug-likeness (QED) is 0.791. The van der Waals surface area contributed by atoms with Gasteiger partial charge in [-0.3, -0.25) is 4.79 Å². The van der Waals surface area contributed by atoms with E-state index >= 15 is 0 Å². The van der Waals surface area contributed by atoms with Crippen LogP contribution in [0.5, 0.6) is 0 Å². The standard InChI is InChI=1S/C11H13ClFNO/c1-8(14-11(15)6-7-12)9-2-4-10(13)5-3-9/h2-5,8H,6-7H2,1H3,(H,14,15). The fourth-order valence-electron chi connectivity index (χ4n) is 1.23. The molecule has 0 spiro atoms. The topological polar surface area (TPSA) is 29.1 Å². The Kier molecular flexibility index (Phi) is 4.56. The van der Waals surface area contributed by atoms with Crippen molar-refractivity contribution in [2.45, 2.75) is 19.4 Å². The number of hydrogen-bond acceptors (Lipinski definition) is 1. The Bertz CT molecular complexity index is 326. The normalized spacial score (nSPS) is 12.2. The maximum Gasteiger partial charge on any atom is 0.221 e. The molecule has 0 aromatic heterocycles. The molecule has 0 aliphatic carbocycles. The molecule has 0 aliphatic heterocycles. The third-order valence-electron chi connectivity index (χ3n) is 2.07. The summed E-state index contributed by atoms with van der Waals surface area (Å²) in [6.07, 6.45) is 0.299. The number of carbonyl (C=O) groups excluding carboxylic acids is 1. The van der Waals surface area contributed by atoms with Gasteiger partial charge in [-0.1, -0.05) is 12.1 Å². The Morgan fingerprint density at radius 1 is 1.47 bits per heavy atom. The number of benzene rings is 1. The van der Waals surface area contributed by atoms with Crippen molar-refractivity contribution < 1.29 is 9.18 Å². The molecule has 0 radical (unpaired) electrons. The summed E-state index contributed by atoms with van der Waals surface area (Å²) in [5.74, 6) is -0.0676. The van der Waals surface area contributed by atoms with Crippen LogP contribution in [0.25, 0.3) is 0 Å². The number of rotatable bonds is 4. The van der Waals surface area contributed by atoms with Gasteiger partial charge in [-0.05, 0) is 24.6 Å². The average molecular weight is 230 g/mol. The van der Waals surface area contributed by atoms with E-state index in [2.05, 4.69) is 5.32 Å². The molecule has 1 unspecified atom stereocenters. The second-order valence-corrected chi connectivity index (χ2v) is 3.66. The van der Waals surface area contributed by atoms with Crippen molar-refractivity contribution in [3.8, 4) is 0 Å². The van der Waals surface area contributed by atoms with Crippen molar-refractivity contribution >= 4 is 17.5 Å². The molecule has 0 saturated carbocycles. The first kappa shape index (κ1) is 12.0. The predicted molar refractivity (Wildman–Crippen MR) is 58.3 cm³/mol. The summed E-state index contributed by atoms with van der Waals surface area (Å²) in [6.45, 7) is 1.85. The van der Waals surface area contributed by atoms with Crippen LogP contribution in [0.1, 0.15) is 24.9 Å². The molecule has 1 aromatic rings. The molecular formula is C11H13ClFNO. The van der Waals surface area contributed by atoms with Crippen LogP contribution in [-0.2, 0) is 4.79 Å². The highest BCUT2D eigenvalue weighted by Gasteiger charge is 2.08. The van der Waals surface area contributed by atoms with Gasteiger partial charge in [0.1, 0.15) is 5.82 Å². The highest BCUT2D eigenvalue weighted by atomic mass is 35.5. The number of alkyl halides is 1. The van der Waals surface area contributed by atoms with E-state index < -0.39 is 0 Å². The zero-order valence-corrected chi connectivity index (χ0v) is 9.22. The Hall–Kier alpha value is -1.09. The van der Waals surface area contributed by atoms with Gasteiger partial charge >= 0.3 is 0 Å². The number of carbonyl (C=O) groups is 1. The Balaban J connectivity index is 2.57. The molecule has 1 amide bonds. The molecule has 15 heavy (non-hydrogen) atoms. The van der Waals surface area contributed by atoms with E-state index in [9.17, 15) is 9.18 Å². The largest absolute Gasteiger partial charge is 0.350 e. The minimum Gasteiger partial charge on any atom is -0.350 e. The van der Waals surface area contributed by atoms with E-state index in [1.165, 1.54) is 12.1 Å². The third-order valence-corrected chi connectivity index (χ3v) is 2.26. The van der Waals surface area contributed by atoms with Gasteiger partial charge in [0.15, 0.2) is 0 Å². The van der Waals surface area contributed by atoms with Gasteiger partial charge in [-0.25, -0.2) is 4.39 Å². The summed E-state index contributed by atoms with van der Waals surface area (Å²) in [6, 6.07) is 5.93. The summed E-state index contributed by atoms with van der Waals surface area (Å²) in [4.78, 5) is 11.2. The van der Waals surface area contributed by atoms with Gasteiger partial charge in [0.2, 0.25) is 5.91 Å². The van der Waals surface area contributed by atoms with Gasteiger partial charge in [0, 0.05) is 12.3 Å².